The highest BCUT2D eigenvalue weighted by atomic mass is 32.2. The average Bonchev–Trinajstić information content (AvgIpc) is 2.89. The highest BCUT2D eigenvalue weighted by Gasteiger charge is 2.30. The predicted octanol–water partition coefficient (Wildman–Crippen LogP) is 3.89. The van der Waals surface area contributed by atoms with Gasteiger partial charge in [-0.3, -0.25) is 9.36 Å². The van der Waals surface area contributed by atoms with Gasteiger partial charge >= 0.3 is 0 Å². The molecule has 0 atom stereocenters. The second-order valence-corrected chi connectivity index (χ2v) is 10.3. The van der Waals surface area contributed by atoms with E-state index in [-0.39, 0.29) is 42.4 Å². The van der Waals surface area contributed by atoms with Gasteiger partial charge in [-0.15, -0.1) is 0 Å². The van der Waals surface area contributed by atoms with E-state index in [1.54, 1.807) is 25.1 Å². The maximum atomic E-state index is 15.1. The van der Waals surface area contributed by atoms with Crippen LogP contribution < -0.4 is 5.56 Å². The molecule has 0 saturated carbocycles. The summed E-state index contributed by atoms with van der Waals surface area (Å²) in [6, 6.07) is 13.7. The van der Waals surface area contributed by atoms with Crippen molar-refractivity contribution in [2.45, 2.75) is 36.8 Å². The molecule has 0 unspecified atom stereocenters. The number of benzene rings is 2. The van der Waals surface area contributed by atoms with Gasteiger partial charge in [0.2, 0.25) is 21.7 Å². The zero-order chi connectivity index (χ0) is 28.3. The molecule has 2 aromatic carbocycles. The summed E-state index contributed by atoms with van der Waals surface area (Å²) in [5.74, 6) is -2.65. The Hall–Kier alpha value is -4.47. The van der Waals surface area contributed by atoms with Crippen LogP contribution in [0.3, 0.4) is 0 Å². The maximum absolute atomic E-state index is 15.1. The van der Waals surface area contributed by atoms with Crippen LogP contribution in [0, 0.1) is 30.0 Å². The number of aryl methyl sites for hydroxylation is 1. The molecule has 0 aliphatic carbocycles. The van der Waals surface area contributed by atoms with Crippen molar-refractivity contribution >= 4 is 9.84 Å². The van der Waals surface area contributed by atoms with Crippen molar-refractivity contribution in [3.8, 4) is 23.1 Å². The van der Waals surface area contributed by atoms with Gasteiger partial charge in [0.1, 0.15) is 18.2 Å². The quantitative estimate of drug-likeness (QED) is 0.325. The van der Waals surface area contributed by atoms with Gasteiger partial charge in [-0.1, -0.05) is 18.2 Å². The van der Waals surface area contributed by atoms with Crippen LogP contribution in [-0.4, -0.2) is 34.7 Å². The van der Waals surface area contributed by atoms with E-state index >= 15 is 4.39 Å². The van der Waals surface area contributed by atoms with Gasteiger partial charge in [0.15, 0.2) is 4.90 Å². The van der Waals surface area contributed by atoms with Crippen LogP contribution in [0.2, 0.25) is 0 Å². The zero-order valence-corrected chi connectivity index (χ0v) is 21.7. The molecule has 0 saturated heterocycles. The summed E-state index contributed by atoms with van der Waals surface area (Å²) < 4.78 is 61.9. The van der Waals surface area contributed by atoms with E-state index in [2.05, 4.69) is 9.97 Å². The average molecular weight is 553 g/mol. The smallest absolute Gasteiger partial charge is 0.296 e. The lowest BCUT2D eigenvalue weighted by molar-refractivity contribution is 0.123. The lowest BCUT2D eigenvalue weighted by Gasteiger charge is -2.17. The van der Waals surface area contributed by atoms with E-state index in [4.69, 9.17) is 4.74 Å². The first-order chi connectivity index (χ1) is 18.6. The highest BCUT2D eigenvalue weighted by Crippen LogP contribution is 2.31. The molecule has 1 N–H and O–H groups in total. The molecule has 0 amide bonds. The molecule has 12 heteroatoms. The molecular formula is C27H22F2N4O5S. The molecule has 0 radical (unpaired) electrons. The first-order valence-corrected chi connectivity index (χ1v) is 13.1. The minimum absolute atomic E-state index is 0.0249. The van der Waals surface area contributed by atoms with Crippen molar-refractivity contribution in [1.29, 1.82) is 5.26 Å². The van der Waals surface area contributed by atoms with Crippen molar-refractivity contribution in [1.82, 2.24) is 14.5 Å². The third-order valence-corrected chi connectivity index (χ3v) is 7.66. The summed E-state index contributed by atoms with van der Waals surface area (Å²) in [7, 11) is -4.76. The lowest BCUT2D eigenvalue weighted by atomic mass is 10.0. The third-order valence-electron chi connectivity index (χ3n) is 5.89. The Morgan fingerprint density at radius 2 is 1.82 bits per heavy atom. The maximum Gasteiger partial charge on any atom is 0.296 e. The SMILES string of the molecule is CCOCc1nc(=O)c(S(=O)(=O)c2ccc(-c3ccc(F)nc3C)c(F)c2)c(O)n1Cc1cccc(C#N)c1. The fraction of sp³-hybridized carbons (Fsp3) is 0.185. The van der Waals surface area contributed by atoms with Crippen LogP contribution in [0.25, 0.3) is 11.1 Å². The van der Waals surface area contributed by atoms with E-state index in [1.165, 1.54) is 25.1 Å². The monoisotopic (exact) mass is 552 g/mol. The number of nitriles is 1. The van der Waals surface area contributed by atoms with E-state index in [9.17, 15) is 28.0 Å². The molecule has 0 aliphatic heterocycles. The number of nitrogens with zero attached hydrogens (tertiary/aromatic N) is 4. The topological polar surface area (TPSA) is 135 Å². The number of hydrogen-bond donors (Lipinski definition) is 1. The van der Waals surface area contributed by atoms with Crippen LogP contribution in [0.4, 0.5) is 8.78 Å². The van der Waals surface area contributed by atoms with Gasteiger partial charge in [0.25, 0.3) is 5.56 Å². The van der Waals surface area contributed by atoms with Crippen LogP contribution in [0.15, 0.2) is 69.2 Å². The van der Waals surface area contributed by atoms with Gasteiger partial charge in [-0.25, -0.2) is 17.8 Å². The normalized spacial score (nSPS) is 11.4. The molecule has 9 nitrogen and oxygen atoms in total. The Labute approximate surface area is 222 Å². The van der Waals surface area contributed by atoms with Crippen molar-refractivity contribution in [3.05, 3.63) is 99.4 Å². The Morgan fingerprint density at radius 3 is 2.49 bits per heavy atom. The first kappa shape index (κ1) is 27.6. The number of halogens is 2. The molecule has 200 valence electrons. The summed E-state index contributed by atoms with van der Waals surface area (Å²) in [6.45, 7) is 3.11. The molecule has 0 fully saturated rings. The molecule has 0 aliphatic rings. The number of pyridine rings is 1. The second kappa shape index (κ2) is 11.1. The van der Waals surface area contributed by atoms with Gasteiger partial charge in [-0.05, 0) is 55.8 Å². The van der Waals surface area contributed by atoms with Crippen molar-refractivity contribution in [2.24, 2.45) is 0 Å². The molecular weight excluding hydrogens is 530 g/mol. The first-order valence-electron chi connectivity index (χ1n) is 11.6. The zero-order valence-electron chi connectivity index (χ0n) is 20.9. The Balaban J connectivity index is 1.84. The van der Waals surface area contributed by atoms with Gasteiger partial charge < -0.3 is 9.84 Å². The highest BCUT2D eigenvalue weighted by molar-refractivity contribution is 7.91. The fourth-order valence-corrected chi connectivity index (χ4v) is 5.38. The van der Waals surface area contributed by atoms with E-state index in [1.807, 2.05) is 6.07 Å². The van der Waals surface area contributed by atoms with Crippen LogP contribution >= 0.6 is 0 Å². The van der Waals surface area contributed by atoms with Crippen molar-refractivity contribution in [2.75, 3.05) is 6.61 Å². The largest absolute Gasteiger partial charge is 0.493 e. The summed E-state index contributed by atoms with van der Waals surface area (Å²) in [5, 5.41) is 20.3. The Bertz CT molecular complexity index is 1780. The van der Waals surface area contributed by atoms with Crippen molar-refractivity contribution in [3.63, 3.8) is 0 Å². The van der Waals surface area contributed by atoms with E-state index in [0.717, 1.165) is 16.7 Å². The molecule has 4 aromatic rings. The number of sulfone groups is 1. The van der Waals surface area contributed by atoms with Gasteiger partial charge in [-0.2, -0.15) is 14.6 Å². The predicted molar refractivity (Wildman–Crippen MR) is 136 cm³/mol. The minimum atomic E-state index is -4.76. The van der Waals surface area contributed by atoms with Crippen LogP contribution in [0.1, 0.15) is 29.6 Å². The Morgan fingerprint density at radius 1 is 1.08 bits per heavy atom. The summed E-state index contributed by atoms with van der Waals surface area (Å²) in [6.07, 6.45) is 0. The Kier molecular flexibility index (Phi) is 7.85. The van der Waals surface area contributed by atoms with Gasteiger partial charge in [0.05, 0.1) is 23.1 Å². The number of rotatable bonds is 8. The molecule has 2 aromatic heterocycles. The summed E-state index contributed by atoms with van der Waals surface area (Å²) in [4.78, 5) is 18.8. The van der Waals surface area contributed by atoms with Crippen molar-refractivity contribution < 1.29 is 27.0 Å². The molecule has 0 spiro atoms. The lowest BCUT2D eigenvalue weighted by Crippen LogP contribution is -2.26. The van der Waals surface area contributed by atoms with E-state index in [0.29, 0.717) is 17.2 Å². The standard InChI is InChI=1S/C27H22F2N4O5S/c1-3-38-15-24-32-26(34)25(27(35)33(24)14-18-6-4-5-17(11-18)13-30)39(36,37)19-7-8-21(22(28)12-19)20-9-10-23(29)31-16(20)2/h4-12,35H,3,14-15H2,1-2H3. The summed E-state index contributed by atoms with van der Waals surface area (Å²) >= 11 is 0. The number of ether oxygens (including phenoxy) is 1. The fourth-order valence-electron chi connectivity index (χ4n) is 4.01. The van der Waals surface area contributed by atoms with Crippen LogP contribution in [0.5, 0.6) is 5.88 Å². The third kappa shape index (κ3) is 5.55. The minimum Gasteiger partial charge on any atom is -0.493 e. The van der Waals surface area contributed by atoms with E-state index < -0.39 is 42.8 Å². The number of aromatic hydroxyl groups is 1. The summed E-state index contributed by atoms with van der Waals surface area (Å²) in [5.41, 5.74) is 0.0385. The molecule has 4 rings (SSSR count). The molecule has 39 heavy (non-hydrogen) atoms. The number of hydrogen-bond acceptors (Lipinski definition) is 8. The molecule has 2 heterocycles. The molecule has 0 bridgehead atoms. The second-order valence-electron chi connectivity index (χ2n) is 8.43. The number of aromatic nitrogens is 3. The van der Waals surface area contributed by atoms with Gasteiger partial charge in [0, 0.05) is 23.4 Å². The van der Waals surface area contributed by atoms with Crippen LogP contribution in [-0.2, 0) is 27.7 Å².